The summed E-state index contributed by atoms with van der Waals surface area (Å²) < 4.78 is 13.1. The number of anilines is 1. The van der Waals surface area contributed by atoms with Crippen LogP contribution in [-0.4, -0.2) is 5.91 Å². The Hall–Kier alpha value is -2.07. The normalized spacial score (nSPS) is 10.2. The van der Waals surface area contributed by atoms with Gasteiger partial charge in [0.1, 0.15) is 5.82 Å². The second-order valence-electron chi connectivity index (χ2n) is 4.00. The third-order valence-corrected chi connectivity index (χ3v) is 3.01. The van der Waals surface area contributed by atoms with Crippen LogP contribution in [0.15, 0.2) is 42.5 Å². The Morgan fingerprint density at radius 2 is 2.00 bits per heavy atom. The van der Waals surface area contributed by atoms with Gasteiger partial charge < -0.3 is 11.1 Å². The highest BCUT2D eigenvalue weighted by Gasteiger charge is 2.08. The highest BCUT2D eigenvalue weighted by atomic mass is 35.5. The monoisotopic (exact) mass is 278 g/mol. The molecule has 2 rings (SSSR count). The average Bonchev–Trinajstić information content (AvgIpc) is 2.40. The maximum Gasteiger partial charge on any atom is 0.249 e. The van der Waals surface area contributed by atoms with Gasteiger partial charge >= 0.3 is 0 Å². The Morgan fingerprint density at radius 3 is 2.74 bits per heavy atom. The molecule has 1 amide bonds. The summed E-state index contributed by atoms with van der Waals surface area (Å²) >= 11 is 5.94. The van der Waals surface area contributed by atoms with E-state index in [0.717, 1.165) is 5.56 Å². The Bertz CT molecular complexity index is 616. The second-order valence-corrected chi connectivity index (χ2v) is 4.41. The molecule has 98 valence electrons. The van der Waals surface area contributed by atoms with Crippen LogP contribution in [-0.2, 0) is 6.54 Å². The van der Waals surface area contributed by atoms with Crippen molar-refractivity contribution < 1.29 is 9.18 Å². The maximum atomic E-state index is 13.1. The van der Waals surface area contributed by atoms with E-state index in [-0.39, 0.29) is 5.82 Å². The fourth-order valence-electron chi connectivity index (χ4n) is 1.74. The van der Waals surface area contributed by atoms with Gasteiger partial charge in [0, 0.05) is 12.1 Å². The van der Waals surface area contributed by atoms with Crippen molar-refractivity contribution in [2.75, 3.05) is 5.32 Å². The molecule has 3 nitrogen and oxygen atoms in total. The van der Waals surface area contributed by atoms with Crippen LogP contribution in [0.4, 0.5) is 10.1 Å². The number of primary amides is 1. The van der Waals surface area contributed by atoms with Gasteiger partial charge in [0.05, 0.1) is 10.7 Å². The van der Waals surface area contributed by atoms with Crippen molar-refractivity contribution in [3.63, 3.8) is 0 Å². The number of rotatable bonds is 4. The van der Waals surface area contributed by atoms with Gasteiger partial charge in [-0.2, -0.15) is 0 Å². The van der Waals surface area contributed by atoms with Crippen LogP contribution in [0.2, 0.25) is 5.02 Å². The first-order chi connectivity index (χ1) is 9.08. The molecule has 2 aromatic carbocycles. The van der Waals surface area contributed by atoms with Crippen molar-refractivity contribution in [2.45, 2.75) is 6.54 Å². The first-order valence-electron chi connectivity index (χ1n) is 5.64. The van der Waals surface area contributed by atoms with Crippen LogP contribution in [0, 0.1) is 5.82 Å². The van der Waals surface area contributed by atoms with Gasteiger partial charge in [-0.15, -0.1) is 0 Å². The predicted octanol–water partition coefficient (Wildman–Crippen LogP) is 3.19. The lowest BCUT2D eigenvalue weighted by Gasteiger charge is -2.10. The molecule has 0 saturated heterocycles. The number of nitrogens with one attached hydrogen (secondary N) is 1. The fraction of sp³-hybridized carbons (Fsp3) is 0.0714. The molecule has 0 saturated carbocycles. The van der Waals surface area contributed by atoms with Crippen LogP contribution in [0.25, 0.3) is 0 Å². The first-order valence-corrected chi connectivity index (χ1v) is 6.02. The van der Waals surface area contributed by atoms with Crippen LogP contribution in [0.5, 0.6) is 0 Å². The number of halogens is 2. The van der Waals surface area contributed by atoms with Crippen LogP contribution >= 0.6 is 11.6 Å². The number of carbonyl (C=O) groups excluding carboxylic acids is 1. The van der Waals surface area contributed by atoms with Gasteiger partial charge in [-0.05, 0) is 29.8 Å². The van der Waals surface area contributed by atoms with E-state index >= 15 is 0 Å². The average molecular weight is 279 g/mol. The Balaban J connectivity index is 2.19. The van der Waals surface area contributed by atoms with Crippen molar-refractivity contribution in [2.24, 2.45) is 5.73 Å². The van der Waals surface area contributed by atoms with E-state index in [9.17, 15) is 9.18 Å². The molecule has 2 aromatic rings. The van der Waals surface area contributed by atoms with E-state index < -0.39 is 5.91 Å². The van der Waals surface area contributed by atoms with Crippen molar-refractivity contribution in [1.29, 1.82) is 0 Å². The zero-order chi connectivity index (χ0) is 13.8. The summed E-state index contributed by atoms with van der Waals surface area (Å²) in [6, 6.07) is 11.0. The Labute approximate surface area is 115 Å². The van der Waals surface area contributed by atoms with Gasteiger partial charge in [0.15, 0.2) is 0 Å². The lowest BCUT2D eigenvalue weighted by Crippen LogP contribution is -2.15. The van der Waals surface area contributed by atoms with E-state index in [1.807, 2.05) is 0 Å². The molecular weight excluding hydrogens is 267 g/mol. The summed E-state index contributed by atoms with van der Waals surface area (Å²) in [6.07, 6.45) is 0. The second kappa shape index (κ2) is 5.71. The molecule has 19 heavy (non-hydrogen) atoms. The van der Waals surface area contributed by atoms with Crippen LogP contribution in [0.3, 0.4) is 0 Å². The molecular formula is C14H12ClFN2O. The molecule has 0 aliphatic heterocycles. The number of nitrogens with two attached hydrogens (primary N) is 1. The van der Waals surface area contributed by atoms with Gasteiger partial charge in [0.2, 0.25) is 5.91 Å². The highest BCUT2D eigenvalue weighted by Crippen LogP contribution is 2.23. The number of hydrogen-bond acceptors (Lipinski definition) is 2. The summed E-state index contributed by atoms with van der Waals surface area (Å²) in [5.41, 5.74) is 6.92. The lowest BCUT2D eigenvalue weighted by atomic mass is 10.1. The third kappa shape index (κ3) is 3.23. The molecule has 0 unspecified atom stereocenters. The smallest absolute Gasteiger partial charge is 0.249 e. The fourth-order valence-corrected chi connectivity index (χ4v) is 1.92. The minimum Gasteiger partial charge on any atom is -0.380 e. The molecule has 5 heteroatoms. The van der Waals surface area contributed by atoms with Crippen LogP contribution in [0.1, 0.15) is 15.9 Å². The topological polar surface area (TPSA) is 55.1 Å². The van der Waals surface area contributed by atoms with Gasteiger partial charge in [0.25, 0.3) is 0 Å². The minimum absolute atomic E-state index is 0.336. The van der Waals surface area contributed by atoms with E-state index in [1.165, 1.54) is 18.2 Å². The molecule has 3 N–H and O–H groups in total. The standard InChI is InChI=1S/C14H12ClFN2O/c15-12-6-5-10(16)7-13(12)18-8-9-3-1-2-4-11(9)14(17)19/h1-7,18H,8H2,(H2,17,19). The quantitative estimate of drug-likeness (QED) is 0.902. The number of carbonyl (C=O) groups is 1. The molecule has 0 radical (unpaired) electrons. The van der Waals surface area contributed by atoms with Crippen LogP contribution < -0.4 is 11.1 Å². The summed E-state index contributed by atoms with van der Waals surface area (Å²) in [5, 5.41) is 3.40. The molecule has 0 aliphatic rings. The Morgan fingerprint density at radius 1 is 1.26 bits per heavy atom. The summed E-state index contributed by atoms with van der Waals surface area (Å²) in [5.74, 6) is -0.877. The SMILES string of the molecule is NC(=O)c1ccccc1CNc1cc(F)ccc1Cl. The molecule has 0 aromatic heterocycles. The molecule has 0 atom stereocenters. The first kappa shape index (κ1) is 13.4. The number of benzene rings is 2. The summed E-state index contributed by atoms with van der Waals surface area (Å²) in [4.78, 5) is 11.3. The summed E-state index contributed by atoms with van der Waals surface area (Å²) in [7, 11) is 0. The molecule has 0 heterocycles. The van der Waals surface area contributed by atoms with Crippen molar-refractivity contribution in [1.82, 2.24) is 0 Å². The number of hydrogen-bond donors (Lipinski definition) is 2. The van der Waals surface area contributed by atoms with Crippen molar-refractivity contribution in [3.05, 3.63) is 64.4 Å². The zero-order valence-corrected chi connectivity index (χ0v) is 10.7. The van der Waals surface area contributed by atoms with E-state index in [1.54, 1.807) is 24.3 Å². The van der Waals surface area contributed by atoms with Gasteiger partial charge in [-0.1, -0.05) is 29.8 Å². The Kier molecular flexibility index (Phi) is 4.02. The number of amides is 1. The lowest BCUT2D eigenvalue weighted by molar-refractivity contribution is 0.0999. The molecule has 0 spiro atoms. The van der Waals surface area contributed by atoms with Gasteiger partial charge in [-0.25, -0.2) is 4.39 Å². The van der Waals surface area contributed by atoms with Gasteiger partial charge in [-0.3, -0.25) is 4.79 Å². The van der Waals surface area contributed by atoms with Crippen molar-refractivity contribution in [3.8, 4) is 0 Å². The summed E-state index contributed by atoms with van der Waals surface area (Å²) in [6.45, 7) is 0.336. The van der Waals surface area contributed by atoms with E-state index in [2.05, 4.69) is 5.32 Å². The molecule has 0 aliphatic carbocycles. The maximum absolute atomic E-state index is 13.1. The van der Waals surface area contributed by atoms with E-state index in [0.29, 0.717) is 22.8 Å². The van der Waals surface area contributed by atoms with Crippen molar-refractivity contribution >= 4 is 23.2 Å². The molecule has 0 fully saturated rings. The predicted molar refractivity (Wildman–Crippen MR) is 73.7 cm³/mol. The minimum atomic E-state index is -0.497. The third-order valence-electron chi connectivity index (χ3n) is 2.68. The highest BCUT2D eigenvalue weighted by molar-refractivity contribution is 6.33. The largest absolute Gasteiger partial charge is 0.380 e. The zero-order valence-electron chi connectivity index (χ0n) is 9.99. The molecule has 0 bridgehead atoms. The van der Waals surface area contributed by atoms with E-state index in [4.69, 9.17) is 17.3 Å².